The quantitative estimate of drug-likeness (QED) is 0.442. The molecule has 2 N–H and O–H groups in total. The Labute approximate surface area is 239 Å². The predicted octanol–water partition coefficient (Wildman–Crippen LogP) is 5.59. The first-order valence-corrected chi connectivity index (χ1v) is 15.0. The van der Waals surface area contributed by atoms with Gasteiger partial charge in [-0.25, -0.2) is 0 Å². The summed E-state index contributed by atoms with van der Waals surface area (Å²) in [5, 5.41) is 5.43. The number of aliphatic imine (C=N–C) groups is 1. The molecule has 4 aliphatic rings. The van der Waals surface area contributed by atoms with E-state index in [9.17, 15) is 4.79 Å². The van der Waals surface area contributed by atoms with Crippen LogP contribution >= 0.6 is 11.8 Å². The van der Waals surface area contributed by atoms with Crippen LogP contribution in [-0.4, -0.2) is 51.3 Å². The third-order valence-electron chi connectivity index (χ3n) is 9.00. The van der Waals surface area contributed by atoms with E-state index < -0.39 is 10.3 Å². The van der Waals surface area contributed by atoms with E-state index in [1.54, 1.807) is 5.01 Å². The lowest BCUT2D eigenvalue weighted by Crippen LogP contribution is -2.62. The lowest BCUT2D eigenvalue weighted by atomic mass is 9.72. The van der Waals surface area contributed by atoms with Gasteiger partial charge in [-0.05, 0) is 43.7 Å². The topological polar surface area (TPSA) is 77.0 Å². The van der Waals surface area contributed by atoms with Crippen LogP contribution in [0.5, 0.6) is 0 Å². The Hall–Kier alpha value is -3.62. The molecule has 0 bridgehead atoms. The van der Waals surface area contributed by atoms with Gasteiger partial charge in [0.1, 0.15) is 4.75 Å². The van der Waals surface area contributed by atoms with Crippen molar-refractivity contribution in [2.75, 3.05) is 24.3 Å². The summed E-state index contributed by atoms with van der Waals surface area (Å²) in [5.41, 5.74) is 5.65. The van der Waals surface area contributed by atoms with Gasteiger partial charge in [-0.1, -0.05) is 97.8 Å². The minimum Gasteiger partial charge on any atom is -0.324 e. The molecule has 3 unspecified atom stereocenters. The molecule has 3 aromatic rings. The number of carbonyl (C=O) groups excluding carboxylic acids is 2. The van der Waals surface area contributed by atoms with Crippen LogP contribution in [0.3, 0.4) is 0 Å². The number of thioether (sulfide) groups is 1. The third-order valence-corrected chi connectivity index (χ3v) is 10.5. The number of benzene rings is 3. The molecule has 3 aromatic carbocycles. The maximum Gasteiger partial charge on any atom is 0.267 e. The number of nitrogens with one attached hydrogen (secondary N) is 2. The van der Waals surface area contributed by atoms with Crippen molar-refractivity contribution in [2.45, 2.75) is 54.3 Å². The molecular weight excluding hydrogens is 518 g/mol. The molecule has 7 rings (SSSR count). The number of fused-ring (bicyclic) bond motifs is 3. The van der Waals surface area contributed by atoms with Gasteiger partial charge in [0.2, 0.25) is 0 Å². The molecule has 0 aromatic heterocycles. The van der Waals surface area contributed by atoms with E-state index in [1.807, 2.05) is 79.8 Å². The summed E-state index contributed by atoms with van der Waals surface area (Å²) in [5.74, 6) is -0.540. The van der Waals surface area contributed by atoms with Gasteiger partial charge in [0.25, 0.3) is 11.8 Å². The number of nitrogens with zero attached hydrogens (tertiary/aromatic N) is 3. The summed E-state index contributed by atoms with van der Waals surface area (Å²) in [4.78, 5) is 36.8. The molecule has 3 aliphatic heterocycles. The maximum atomic E-state index is 15.2. The van der Waals surface area contributed by atoms with E-state index in [2.05, 4.69) is 27.8 Å². The fraction of sp³-hybridized carbons (Fsp3) is 0.344. The second-order valence-corrected chi connectivity index (χ2v) is 12.4. The zero-order valence-corrected chi connectivity index (χ0v) is 23.4. The number of hydrogen-bond donors (Lipinski definition) is 2. The number of anilines is 2. The van der Waals surface area contributed by atoms with Gasteiger partial charge >= 0.3 is 0 Å². The molecule has 3 heterocycles. The summed E-state index contributed by atoms with van der Waals surface area (Å²) in [6.07, 6.45) is 5.55. The van der Waals surface area contributed by atoms with Crippen LogP contribution in [0.2, 0.25) is 0 Å². The lowest BCUT2D eigenvalue weighted by Gasteiger charge is -2.41. The average molecular weight is 552 g/mol. The van der Waals surface area contributed by atoms with Gasteiger partial charge in [0.05, 0.1) is 11.7 Å². The minimum atomic E-state index is -1.20. The molecule has 1 saturated carbocycles. The molecule has 2 amide bonds. The summed E-state index contributed by atoms with van der Waals surface area (Å²) in [7, 11) is 1.98. The Kier molecular flexibility index (Phi) is 6.20. The van der Waals surface area contributed by atoms with Crippen molar-refractivity contribution >= 4 is 40.1 Å². The van der Waals surface area contributed by atoms with Crippen LogP contribution in [0.15, 0.2) is 89.9 Å². The molecule has 2 saturated heterocycles. The number of rotatable bonds is 4. The van der Waals surface area contributed by atoms with Crippen LogP contribution in [0.25, 0.3) is 0 Å². The SMILES string of the molecule is CN1CC(c2ccccc2)C2(SC(=NC3CCCCC3)N(Nc3ccccc3)C2=O)C12C(=O)Nc1ccccc12. The number of likely N-dealkylation sites (N-methyl/N-ethyl adjacent to an activating group) is 1. The van der Waals surface area contributed by atoms with Crippen molar-refractivity contribution in [1.82, 2.24) is 9.91 Å². The maximum absolute atomic E-state index is 15.2. The third kappa shape index (κ3) is 3.58. The van der Waals surface area contributed by atoms with Crippen LogP contribution in [0.1, 0.15) is 49.1 Å². The van der Waals surface area contributed by atoms with Gasteiger partial charge in [-0.2, -0.15) is 5.01 Å². The number of para-hydroxylation sites is 2. The second-order valence-electron chi connectivity index (χ2n) is 11.2. The van der Waals surface area contributed by atoms with Crippen molar-refractivity contribution in [1.29, 1.82) is 0 Å². The fourth-order valence-electron chi connectivity index (χ4n) is 7.22. The Morgan fingerprint density at radius 3 is 2.33 bits per heavy atom. The first-order valence-electron chi connectivity index (χ1n) is 14.2. The Bertz CT molecular complexity index is 1470. The number of likely N-dealkylation sites (tertiary alicyclic amines) is 1. The molecule has 2 spiro atoms. The molecule has 0 radical (unpaired) electrons. The van der Waals surface area contributed by atoms with Crippen molar-refractivity contribution in [2.24, 2.45) is 4.99 Å². The number of carbonyl (C=O) groups is 2. The number of hydrogen-bond acceptors (Lipinski definition) is 6. The zero-order chi connectivity index (χ0) is 27.3. The Balaban J connectivity index is 1.45. The van der Waals surface area contributed by atoms with E-state index in [4.69, 9.17) is 4.99 Å². The predicted molar refractivity (Wildman–Crippen MR) is 160 cm³/mol. The van der Waals surface area contributed by atoms with Gasteiger partial charge < -0.3 is 5.32 Å². The molecule has 3 fully saturated rings. The van der Waals surface area contributed by atoms with Crippen molar-refractivity contribution < 1.29 is 9.59 Å². The van der Waals surface area contributed by atoms with E-state index in [1.165, 1.54) is 18.2 Å². The number of hydrazine groups is 1. The lowest BCUT2D eigenvalue weighted by molar-refractivity contribution is -0.137. The molecule has 1 aliphatic carbocycles. The minimum absolute atomic E-state index is 0.138. The van der Waals surface area contributed by atoms with Crippen LogP contribution < -0.4 is 10.7 Å². The monoisotopic (exact) mass is 551 g/mol. The molecule has 204 valence electrons. The number of amidine groups is 1. The van der Waals surface area contributed by atoms with Gasteiger partial charge in [-0.3, -0.25) is 24.9 Å². The van der Waals surface area contributed by atoms with Crippen LogP contribution in [0.4, 0.5) is 11.4 Å². The standard InChI is InChI=1S/C32H33N5O2S/c1-36-21-26(22-13-5-2-6-14-22)32(31(36)25-19-11-12-20-27(25)34-28(31)38)29(39)37(35-24-17-9-4-10-18-24)30(40-32)33-23-15-7-3-8-16-23/h2,4-6,9-14,17-20,23,26,35H,3,7-8,15-16,21H2,1H3,(H,34,38). The van der Waals surface area contributed by atoms with Crippen LogP contribution in [0, 0.1) is 0 Å². The molecule has 8 heteroatoms. The average Bonchev–Trinajstić information content (AvgIpc) is 3.55. The smallest absolute Gasteiger partial charge is 0.267 e. The molecular formula is C32H33N5O2S. The zero-order valence-electron chi connectivity index (χ0n) is 22.5. The highest BCUT2D eigenvalue weighted by Gasteiger charge is 2.78. The highest BCUT2D eigenvalue weighted by molar-refractivity contribution is 8.16. The molecule has 3 atom stereocenters. The van der Waals surface area contributed by atoms with Crippen molar-refractivity contribution in [3.8, 4) is 0 Å². The van der Waals surface area contributed by atoms with Gasteiger partial charge in [0.15, 0.2) is 10.7 Å². The van der Waals surface area contributed by atoms with E-state index >= 15 is 4.79 Å². The largest absolute Gasteiger partial charge is 0.324 e. The first-order chi connectivity index (χ1) is 19.6. The summed E-state index contributed by atoms with van der Waals surface area (Å²) in [6, 6.07) is 27.9. The van der Waals surface area contributed by atoms with Crippen molar-refractivity contribution in [3.05, 3.63) is 96.1 Å². The summed E-state index contributed by atoms with van der Waals surface area (Å²) < 4.78 is -1.17. The fourth-order valence-corrected chi connectivity index (χ4v) is 8.96. The first kappa shape index (κ1) is 25.4. The number of amides is 2. The van der Waals surface area contributed by atoms with Crippen LogP contribution in [-0.2, 0) is 15.1 Å². The highest BCUT2D eigenvalue weighted by atomic mass is 32.2. The van der Waals surface area contributed by atoms with E-state index in [0.29, 0.717) is 11.7 Å². The highest BCUT2D eigenvalue weighted by Crippen LogP contribution is 2.65. The normalized spacial score (nSPS) is 29.5. The van der Waals surface area contributed by atoms with Gasteiger partial charge in [-0.15, -0.1) is 0 Å². The second kappa shape index (κ2) is 9.78. The van der Waals surface area contributed by atoms with E-state index in [-0.39, 0.29) is 23.8 Å². The summed E-state index contributed by atoms with van der Waals surface area (Å²) >= 11 is 1.48. The Morgan fingerprint density at radius 1 is 0.900 bits per heavy atom. The summed E-state index contributed by atoms with van der Waals surface area (Å²) in [6.45, 7) is 0.556. The molecule has 7 nitrogen and oxygen atoms in total. The van der Waals surface area contributed by atoms with Crippen molar-refractivity contribution in [3.63, 3.8) is 0 Å². The van der Waals surface area contributed by atoms with E-state index in [0.717, 1.165) is 48.2 Å². The molecule has 40 heavy (non-hydrogen) atoms. The van der Waals surface area contributed by atoms with Gasteiger partial charge in [0, 0.05) is 23.7 Å². The Morgan fingerprint density at radius 2 is 1.57 bits per heavy atom.